The highest BCUT2D eigenvalue weighted by molar-refractivity contribution is 6.92. The van der Waals surface area contributed by atoms with E-state index in [1.54, 1.807) is 0 Å². The van der Waals surface area contributed by atoms with Gasteiger partial charge in [0.1, 0.15) is 8.07 Å². The highest BCUT2D eigenvalue weighted by Crippen LogP contribution is 2.39. The van der Waals surface area contributed by atoms with Crippen LogP contribution in [0.25, 0.3) is 0 Å². The molecule has 3 nitrogen and oxygen atoms in total. The van der Waals surface area contributed by atoms with Crippen molar-refractivity contribution < 1.29 is 9.53 Å². The van der Waals surface area contributed by atoms with Gasteiger partial charge in [0.05, 0.1) is 7.11 Å². The van der Waals surface area contributed by atoms with Crippen molar-refractivity contribution in [2.24, 2.45) is 0 Å². The maximum absolute atomic E-state index is 11.5. The molecule has 0 amide bonds. The lowest BCUT2D eigenvalue weighted by Crippen LogP contribution is -2.53. The molecule has 0 N–H and O–H groups in total. The fraction of sp³-hybridized carbons (Fsp3) is 0.500. The Morgan fingerprint density at radius 1 is 1.40 bits per heavy atom. The molecule has 0 saturated heterocycles. The molecule has 20 heavy (non-hydrogen) atoms. The molecule has 0 aliphatic carbocycles. The molecule has 0 aliphatic rings. The van der Waals surface area contributed by atoms with Gasteiger partial charge in [-0.2, -0.15) is 0 Å². The van der Waals surface area contributed by atoms with Crippen molar-refractivity contribution >= 4 is 19.4 Å². The third-order valence-electron chi connectivity index (χ3n) is 4.29. The Hall–Kier alpha value is -1.42. The molecular weight excluding hydrogens is 266 g/mol. The highest BCUT2D eigenvalue weighted by atomic mass is 28.3. The van der Waals surface area contributed by atoms with E-state index in [0.29, 0.717) is 12.0 Å². The lowest BCUT2D eigenvalue weighted by molar-refractivity contribution is -0.136. The number of hydrogen-bond donors (Lipinski definition) is 0. The molecule has 1 aromatic rings. The average Bonchev–Trinajstić information content (AvgIpc) is 2.43. The summed E-state index contributed by atoms with van der Waals surface area (Å²) in [5.74, 6) is -0.309. The number of pyridine rings is 1. The van der Waals surface area contributed by atoms with Crippen LogP contribution in [-0.4, -0.2) is 26.1 Å². The van der Waals surface area contributed by atoms with Crippen LogP contribution in [0.2, 0.25) is 17.6 Å². The normalized spacial score (nSPS) is 14.4. The Bertz CT molecular complexity index is 479. The summed E-state index contributed by atoms with van der Waals surface area (Å²) in [5.41, 5.74) is 0.548. The number of methoxy groups -OCH3 is 1. The van der Waals surface area contributed by atoms with Crippen molar-refractivity contribution in [1.29, 1.82) is 0 Å². The summed E-state index contributed by atoms with van der Waals surface area (Å²) < 4.78 is 4.73. The topological polar surface area (TPSA) is 39.2 Å². The van der Waals surface area contributed by atoms with Gasteiger partial charge in [-0.3, -0.25) is 4.98 Å². The smallest absolute Gasteiger partial charge is 0.333 e. The molecule has 0 radical (unpaired) electrons. The van der Waals surface area contributed by atoms with E-state index in [9.17, 15) is 4.79 Å². The van der Waals surface area contributed by atoms with Crippen LogP contribution in [0.5, 0.6) is 0 Å². The minimum atomic E-state index is -1.83. The molecule has 0 aromatic carbocycles. The average molecular weight is 291 g/mol. The minimum absolute atomic E-state index is 0.164. The lowest BCUT2D eigenvalue weighted by atomic mass is 10.2. The van der Waals surface area contributed by atoms with E-state index in [1.165, 1.54) is 12.4 Å². The summed E-state index contributed by atoms with van der Waals surface area (Å²) >= 11 is 0. The summed E-state index contributed by atoms with van der Waals surface area (Å²) in [6.07, 6.45) is 2.52. The van der Waals surface area contributed by atoms with Gasteiger partial charge in [0.2, 0.25) is 0 Å². The van der Waals surface area contributed by atoms with Crippen LogP contribution < -0.4 is 5.32 Å². The van der Waals surface area contributed by atoms with E-state index in [4.69, 9.17) is 4.74 Å². The predicted octanol–water partition coefficient (Wildman–Crippen LogP) is 3.29. The summed E-state index contributed by atoms with van der Waals surface area (Å²) in [6.45, 7) is 12.9. The Labute approximate surface area is 123 Å². The van der Waals surface area contributed by atoms with Crippen LogP contribution >= 0.6 is 0 Å². The fourth-order valence-electron chi connectivity index (χ4n) is 2.22. The molecule has 1 unspecified atom stereocenters. The van der Waals surface area contributed by atoms with Crippen molar-refractivity contribution in [3.63, 3.8) is 0 Å². The quantitative estimate of drug-likeness (QED) is 0.475. The monoisotopic (exact) mass is 291 g/mol. The Morgan fingerprint density at radius 2 is 2.05 bits per heavy atom. The second kappa shape index (κ2) is 6.35. The first-order valence-electron chi connectivity index (χ1n) is 6.90. The molecule has 1 heterocycles. The third-order valence-corrected chi connectivity index (χ3v) is 10.3. The van der Waals surface area contributed by atoms with Crippen molar-refractivity contribution in [3.8, 4) is 0 Å². The first-order chi connectivity index (χ1) is 9.22. The number of ether oxygens (including phenoxy) is 1. The molecule has 0 aliphatic heterocycles. The zero-order valence-corrected chi connectivity index (χ0v) is 14.2. The van der Waals surface area contributed by atoms with Gasteiger partial charge in [-0.05, 0) is 29.6 Å². The van der Waals surface area contributed by atoms with E-state index in [-0.39, 0.29) is 11.0 Å². The Morgan fingerprint density at radius 3 is 2.50 bits per heavy atom. The number of carbonyl (C=O) groups is 1. The Balaban J connectivity index is 2.98. The SMILES string of the molecule is C=C(CC[Si](C)(c1ccccn1)C(C)(C)C)C(=O)OC. The molecule has 0 bridgehead atoms. The standard InChI is InChI=1S/C16H25NO2Si/c1-13(15(18)19-5)10-12-20(6,16(2,3)4)14-9-7-8-11-17-14/h7-9,11H,1,10,12H2,2-6H3. The summed E-state index contributed by atoms with van der Waals surface area (Å²) in [4.78, 5) is 16.1. The van der Waals surface area contributed by atoms with E-state index < -0.39 is 8.07 Å². The number of hydrogen-bond acceptors (Lipinski definition) is 3. The fourth-order valence-corrected chi connectivity index (χ4v) is 5.62. The van der Waals surface area contributed by atoms with Gasteiger partial charge < -0.3 is 4.74 Å². The molecule has 0 saturated carbocycles. The van der Waals surface area contributed by atoms with Gasteiger partial charge in [0, 0.05) is 17.1 Å². The van der Waals surface area contributed by atoms with E-state index >= 15 is 0 Å². The minimum Gasteiger partial charge on any atom is -0.466 e. The van der Waals surface area contributed by atoms with E-state index in [0.717, 1.165) is 6.04 Å². The first kappa shape index (κ1) is 16.6. The van der Waals surface area contributed by atoms with Crippen molar-refractivity contribution in [2.45, 2.75) is 44.8 Å². The lowest BCUT2D eigenvalue weighted by Gasteiger charge is -2.39. The first-order valence-corrected chi connectivity index (χ1v) is 9.60. The van der Waals surface area contributed by atoms with Crippen LogP contribution in [0.4, 0.5) is 0 Å². The second-order valence-electron chi connectivity index (χ2n) is 6.39. The zero-order chi connectivity index (χ0) is 15.4. The van der Waals surface area contributed by atoms with Gasteiger partial charge >= 0.3 is 5.97 Å². The number of rotatable bonds is 5. The van der Waals surface area contributed by atoms with Crippen LogP contribution in [-0.2, 0) is 9.53 Å². The highest BCUT2D eigenvalue weighted by Gasteiger charge is 2.42. The molecule has 110 valence electrons. The maximum atomic E-state index is 11.5. The van der Waals surface area contributed by atoms with Gasteiger partial charge in [0.15, 0.2) is 0 Å². The zero-order valence-electron chi connectivity index (χ0n) is 13.2. The molecule has 4 heteroatoms. The predicted molar refractivity (Wildman–Crippen MR) is 85.8 cm³/mol. The van der Waals surface area contributed by atoms with Gasteiger partial charge in [-0.25, -0.2) is 4.79 Å². The molecule has 1 rings (SSSR count). The molecule has 0 spiro atoms. The molecule has 0 fully saturated rings. The molecular formula is C16H25NO2Si. The van der Waals surface area contributed by atoms with Crippen LogP contribution in [0.1, 0.15) is 27.2 Å². The number of esters is 1. The third kappa shape index (κ3) is 3.57. The maximum Gasteiger partial charge on any atom is 0.333 e. The summed E-state index contributed by atoms with van der Waals surface area (Å²) in [7, 11) is -0.433. The molecule has 1 atom stereocenters. The number of nitrogens with zero attached hydrogens (tertiary/aromatic N) is 1. The van der Waals surface area contributed by atoms with Crippen LogP contribution in [0, 0.1) is 0 Å². The van der Waals surface area contributed by atoms with Crippen molar-refractivity contribution in [1.82, 2.24) is 4.98 Å². The number of carbonyl (C=O) groups excluding carboxylic acids is 1. The van der Waals surface area contributed by atoms with E-state index in [2.05, 4.69) is 44.9 Å². The van der Waals surface area contributed by atoms with Gasteiger partial charge in [-0.1, -0.05) is 40.0 Å². The summed E-state index contributed by atoms with van der Waals surface area (Å²) in [6, 6.07) is 7.03. The second-order valence-corrected chi connectivity index (χ2v) is 11.6. The number of aromatic nitrogens is 1. The van der Waals surface area contributed by atoms with Crippen molar-refractivity contribution in [2.75, 3.05) is 7.11 Å². The van der Waals surface area contributed by atoms with Crippen molar-refractivity contribution in [3.05, 3.63) is 36.5 Å². The van der Waals surface area contributed by atoms with Crippen LogP contribution in [0.3, 0.4) is 0 Å². The summed E-state index contributed by atoms with van der Waals surface area (Å²) in [5, 5.41) is 1.35. The Kier molecular flexibility index (Phi) is 5.28. The van der Waals surface area contributed by atoms with Gasteiger partial charge in [-0.15, -0.1) is 0 Å². The van der Waals surface area contributed by atoms with E-state index in [1.807, 2.05) is 18.3 Å². The van der Waals surface area contributed by atoms with Crippen LogP contribution in [0.15, 0.2) is 36.5 Å². The largest absolute Gasteiger partial charge is 0.466 e. The van der Waals surface area contributed by atoms with Gasteiger partial charge in [0.25, 0.3) is 0 Å². The molecule has 1 aromatic heterocycles.